The van der Waals surface area contributed by atoms with Gasteiger partial charge in [0.25, 0.3) is 0 Å². The first kappa shape index (κ1) is 19.2. The van der Waals surface area contributed by atoms with Crippen molar-refractivity contribution in [2.24, 2.45) is 4.99 Å². The Bertz CT molecular complexity index is 626. The van der Waals surface area contributed by atoms with Crippen molar-refractivity contribution in [2.75, 3.05) is 36.2 Å². The van der Waals surface area contributed by atoms with E-state index in [9.17, 15) is 0 Å². The monoisotopic (exact) mass is 357 g/mol. The van der Waals surface area contributed by atoms with Crippen LogP contribution in [0.4, 0.5) is 11.4 Å². The van der Waals surface area contributed by atoms with Crippen molar-refractivity contribution in [1.82, 2.24) is 0 Å². The van der Waals surface area contributed by atoms with Gasteiger partial charge in [0.1, 0.15) is 6.73 Å². The van der Waals surface area contributed by atoms with Crippen molar-refractivity contribution in [3.05, 3.63) is 23.3 Å². The van der Waals surface area contributed by atoms with Gasteiger partial charge in [-0.2, -0.15) is 0 Å². The smallest absolute Gasteiger partial charge is 0.207 e. The van der Waals surface area contributed by atoms with Gasteiger partial charge >= 0.3 is 0 Å². The summed E-state index contributed by atoms with van der Waals surface area (Å²) in [5.41, 5.74) is 5.22. The van der Waals surface area contributed by atoms with Gasteiger partial charge in [-0.3, -0.25) is 9.89 Å². The molecule has 2 heterocycles. The Labute approximate surface area is 159 Å². The maximum atomic E-state index is 6.02. The van der Waals surface area contributed by atoms with Gasteiger partial charge in [0, 0.05) is 13.2 Å². The number of benzene rings is 1. The lowest BCUT2D eigenvalue weighted by Crippen LogP contribution is -2.36. The number of unbranched alkanes of at least 4 members (excludes halogenated alkanes) is 7. The number of rotatable bonds is 11. The summed E-state index contributed by atoms with van der Waals surface area (Å²) in [7, 11) is 0. The molecule has 1 aromatic rings. The lowest BCUT2D eigenvalue weighted by Gasteiger charge is -2.19. The predicted molar refractivity (Wildman–Crippen MR) is 111 cm³/mol. The number of guanidine groups is 1. The van der Waals surface area contributed by atoms with Crippen LogP contribution in [0.25, 0.3) is 0 Å². The van der Waals surface area contributed by atoms with Gasteiger partial charge in [0.05, 0.1) is 17.9 Å². The quantitative estimate of drug-likeness (QED) is 0.495. The highest BCUT2D eigenvalue weighted by Crippen LogP contribution is 2.40. The van der Waals surface area contributed by atoms with Crippen LogP contribution in [0.15, 0.2) is 17.1 Å². The van der Waals surface area contributed by atoms with Crippen molar-refractivity contribution >= 4 is 17.3 Å². The molecular weight excluding hydrogens is 322 g/mol. The molecule has 144 valence electrons. The number of hydrogen-bond donors (Lipinski definition) is 0. The van der Waals surface area contributed by atoms with Crippen LogP contribution < -0.4 is 9.80 Å². The van der Waals surface area contributed by atoms with Gasteiger partial charge in [-0.15, -0.1) is 0 Å². The third-order valence-electron chi connectivity index (χ3n) is 5.59. The molecule has 2 aliphatic heterocycles. The zero-order valence-electron chi connectivity index (χ0n) is 16.9. The van der Waals surface area contributed by atoms with E-state index in [0.29, 0.717) is 6.73 Å². The van der Waals surface area contributed by atoms with Crippen molar-refractivity contribution in [1.29, 1.82) is 0 Å². The first-order valence-electron chi connectivity index (χ1n) is 10.5. The number of aliphatic imine (C=N–C) groups is 1. The number of ether oxygens (including phenoxy) is 1. The van der Waals surface area contributed by atoms with Gasteiger partial charge in [0.15, 0.2) is 0 Å². The van der Waals surface area contributed by atoms with Crippen LogP contribution in [-0.2, 0) is 4.74 Å². The summed E-state index contributed by atoms with van der Waals surface area (Å²) < 4.78 is 6.02. The molecule has 2 aliphatic rings. The molecule has 4 heteroatoms. The molecule has 0 bridgehead atoms. The molecule has 0 amide bonds. The van der Waals surface area contributed by atoms with E-state index < -0.39 is 0 Å². The molecule has 3 rings (SSSR count). The summed E-state index contributed by atoms with van der Waals surface area (Å²) in [6.45, 7) is 9.97. The van der Waals surface area contributed by atoms with Crippen LogP contribution in [0.2, 0.25) is 0 Å². The first-order chi connectivity index (χ1) is 12.7. The number of nitrogens with zero attached hydrogens (tertiary/aromatic N) is 3. The summed E-state index contributed by atoms with van der Waals surface area (Å²) in [4.78, 5) is 9.29. The lowest BCUT2D eigenvalue weighted by molar-refractivity contribution is 0.137. The Morgan fingerprint density at radius 2 is 1.58 bits per heavy atom. The SMILES string of the molecule is CCCCCCCCCCOCN1C2=NCCN2c2cc(C)c(C)cc21. The van der Waals surface area contributed by atoms with E-state index in [4.69, 9.17) is 9.73 Å². The van der Waals surface area contributed by atoms with E-state index in [-0.39, 0.29) is 0 Å². The topological polar surface area (TPSA) is 28.1 Å². The third kappa shape index (κ3) is 4.40. The van der Waals surface area contributed by atoms with E-state index in [0.717, 1.165) is 32.1 Å². The van der Waals surface area contributed by atoms with Crippen molar-refractivity contribution in [3.8, 4) is 0 Å². The number of aryl methyl sites for hydroxylation is 2. The minimum Gasteiger partial charge on any atom is -0.361 e. The molecule has 0 N–H and O–H groups in total. The molecule has 0 spiro atoms. The molecule has 0 aromatic heterocycles. The zero-order chi connectivity index (χ0) is 18.4. The standard InChI is InChI=1S/C22H35N3O/c1-4-5-6-7-8-9-10-11-14-26-17-25-21-16-19(3)18(2)15-20(21)24-13-12-23-22(24)25/h15-16H,4-14,17H2,1-3H3. The fourth-order valence-corrected chi connectivity index (χ4v) is 3.84. The Morgan fingerprint density at radius 3 is 2.31 bits per heavy atom. The Hall–Kier alpha value is -1.55. The van der Waals surface area contributed by atoms with Gasteiger partial charge in [-0.05, 0) is 43.5 Å². The second-order valence-electron chi connectivity index (χ2n) is 7.70. The average Bonchev–Trinajstić information content (AvgIpc) is 3.20. The van der Waals surface area contributed by atoms with Crippen molar-refractivity contribution in [2.45, 2.75) is 72.1 Å². The summed E-state index contributed by atoms with van der Waals surface area (Å²) >= 11 is 0. The molecule has 4 nitrogen and oxygen atoms in total. The highest BCUT2D eigenvalue weighted by Gasteiger charge is 2.35. The number of anilines is 2. The van der Waals surface area contributed by atoms with Gasteiger partial charge in [-0.25, -0.2) is 0 Å². The van der Waals surface area contributed by atoms with Crippen LogP contribution in [-0.4, -0.2) is 32.4 Å². The maximum absolute atomic E-state index is 6.02. The van der Waals surface area contributed by atoms with Gasteiger partial charge in [-0.1, -0.05) is 51.9 Å². The Kier molecular flexibility index (Phi) is 6.95. The molecule has 0 fully saturated rings. The zero-order valence-corrected chi connectivity index (χ0v) is 16.9. The molecule has 0 atom stereocenters. The van der Waals surface area contributed by atoms with Crippen LogP contribution in [0.1, 0.15) is 69.4 Å². The first-order valence-corrected chi connectivity index (χ1v) is 10.5. The minimum atomic E-state index is 0.612. The Morgan fingerprint density at radius 1 is 0.923 bits per heavy atom. The fraction of sp³-hybridized carbons (Fsp3) is 0.682. The number of hydrogen-bond acceptors (Lipinski definition) is 4. The van der Waals surface area contributed by atoms with E-state index in [2.05, 4.69) is 42.7 Å². The van der Waals surface area contributed by atoms with Gasteiger partial charge < -0.3 is 9.64 Å². The maximum Gasteiger partial charge on any atom is 0.207 e. The summed E-state index contributed by atoms with van der Waals surface area (Å²) in [5, 5.41) is 0. The molecule has 0 saturated heterocycles. The summed E-state index contributed by atoms with van der Waals surface area (Å²) in [6.07, 6.45) is 10.7. The second kappa shape index (κ2) is 9.40. The summed E-state index contributed by atoms with van der Waals surface area (Å²) in [5.74, 6) is 1.07. The Balaban J connectivity index is 1.42. The molecule has 0 saturated carbocycles. The predicted octanol–water partition coefficient (Wildman–Crippen LogP) is 5.41. The molecule has 0 radical (unpaired) electrons. The summed E-state index contributed by atoms with van der Waals surface area (Å²) in [6, 6.07) is 4.58. The van der Waals surface area contributed by atoms with E-state index >= 15 is 0 Å². The minimum absolute atomic E-state index is 0.612. The van der Waals surface area contributed by atoms with Crippen LogP contribution in [0.5, 0.6) is 0 Å². The lowest BCUT2D eigenvalue weighted by atomic mass is 10.1. The van der Waals surface area contributed by atoms with Gasteiger partial charge in [0.2, 0.25) is 5.96 Å². The number of fused-ring (bicyclic) bond motifs is 3. The molecule has 0 unspecified atom stereocenters. The van der Waals surface area contributed by atoms with Crippen LogP contribution in [0.3, 0.4) is 0 Å². The molecular formula is C22H35N3O. The fourth-order valence-electron chi connectivity index (χ4n) is 3.84. The van der Waals surface area contributed by atoms with Crippen LogP contribution in [0, 0.1) is 13.8 Å². The second-order valence-corrected chi connectivity index (χ2v) is 7.70. The highest BCUT2D eigenvalue weighted by molar-refractivity contribution is 6.17. The third-order valence-corrected chi connectivity index (χ3v) is 5.59. The highest BCUT2D eigenvalue weighted by atomic mass is 16.5. The average molecular weight is 358 g/mol. The van der Waals surface area contributed by atoms with E-state index in [1.807, 2.05) is 0 Å². The van der Waals surface area contributed by atoms with Crippen molar-refractivity contribution < 1.29 is 4.74 Å². The normalized spacial score (nSPS) is 15.4. The van der Waals surface area contributed by atoms with Crippen LogP contribution >= 0.6 is 0 Å². The van der Waals surface area contributed by atoms with Crippen molar-refractivity contribution in [3.63, 3.8) is 0 Å². The molecule has 0 aliphatic carbocycles. The molecule has 1 aromatic carbocycles. The van der Waals surface area contributed by atoms with E-state index in [1.165, 1.54) is 67.4 Å². The largest absolute Gasteiger partial charge is 0.361 e. The molecule has 26 heavy (non-hydrogen) atoms. The van der Waals surface area contributed by atoms with E-state index in [1.54, 1.807) is 0 Å².